The van der Waals surface area contributed by atoms with E-state index in [4.69, 9.17) is 0 Å². The molecular weight excluding hydrogens is 356 g/mol. The second kappa shape index (κ2) is 8.33. The Hall–Kier alpha value is -2.02. The van der Waals surface area contributed by atoms with Crippen molar-refractivity contribution in [3.05, 3.63) is 55.7 Å². The molecule has 1 fully saturated rings. The van der Waals surface area contributed by atoms with Crippen LogP contribution in [-0.2, 0) is 5.75 Å². The molecule has 144 valence electrons. The lowest BCUT2D eigenvalue weighted by atomic mass is 9.82. The lowest BCUT2D eigenvalue weighted by Gasteiger charge is -2.38. The minimum Gasteiger partial charge on any atom is -0.348 e. The Labute approximate surface area is 164 Å². The molecule has 1 saturated carbocycles. The molecule has 0 bridgehead atoms. The summed E-state index contributed by atoms with van der Waals surface area (Å²) in [6, 6.07) is 0.730. The van der Waals surface area contributed by atoms with Crippen LogP contribution in [0.1, 0.15) is 50.9 Å². The fourth-order valence-corrected chi connectivity index (χ4v) is 5.88. The number of aromatic nitrogens is 6. The van der Waals surface area contributed by atoms with Gasteiger partial charge in [-0.05, 0) is 24.7 Å². The Morgan fingerprint density at radius 2 is 1.81 bits per heavy atom. The minimum absolute atomic E-state index is 0.351. The van der Waals surface area contributed by atoms with Gasteiger partial charge in [-0.1, -0.05) is 20.3 Å². The maximum atomic E-state index is 4.37. The number of thioether (sulfide) groups is 1. The molecule has 3 aromatic heterocycles. The lowest BCUT2D eigenvalue weighted by molar-refractivity contribution is 0.187. The molecule has 1 aliphatic rings. The van der Waals surface area contributed by atoms with E-state index in [2.05, 4.69) is 55.3 Å². The molecule has 6 nitrogen and oxygen atoms in total. The molecule has 3 aromatic rings. The summed E-state index contributed by atoms with van der Waals surface area (Å²) >= 11 is 2.04. The predicted octanol–water partition coefficient (Wildman–Crippen LogP) is 4.34. The predicted molar refractivity (Wildman–Crippen MR) is 108 cm³/mol. The summed E-state index contributed by atoms with van der Waals surface area (Å²) in [5.41, 5.74) is 1.19. The number of rotatable bonds is 6. The van der Waals surface area contributed by atoms with Crippen LogP contribution < -0.4 is 0 Å². The maximum Gasteiger partial charge on any atom is 0.0949 e. The van der Waals surface area contributed by atoms with Gasteiger partial charge in [0.2, 0.25) is 0 Å². The highest BCUT2D eigenvalue weighted by Gasteiger charge is 2.40. The van der Waals surface area contributed by atoms with Crippen molar-refractivity contribution in [1.82, 2.24) is 29.1 Å². The third-order valence-electron chi connectivity index (χ3n) is 5.80. The van der Waals surface area contributed by atoms with Crippen molar-refractivity contribution in [2.24, 2.45) is 11.8 Å². The zero-order valence-electron chi connectivity index (χ0n) is 16.0. The highest BCUT2D eigenvalue weighted by Crippen LogP contribution is 2.47. The maximum absolute atomic E-state index is 4.37. The smallest absolute Gasteiger partial charge is 0.0949 e. The fraction of sp³-hybridized carbons (Fsp3) is 0.550. The summed E-state index contributed by atoms with van der Waals surface area (Å²) < 4.78 is 4.67. The molecule has 4 unspecified atom stereocenters. The van der Waals surface area contributed by atoms with Crippen LogP contribution in [0.2, 0.25) is 0 Å². The van der Waals surface area contributed by atoms with Crippen LogP contribution in [0.4, 0.5) is 0 Å². The largest absolute Gasteiger partial charge is 0.348 e. The Kier molecular flexibility index (Phi) is 5.66. The van der Waals surface area contributed by atoms with Gasteiger partial charge >= 0.3 is 0 Å². The van der Waals surface area contributed by atoms with Crippen molar-refractivity contribution in [1.29, 1.82) is 0 Å². The zero-order valence-corrected chi connectivity index (χ0v) is 16.8. The average molecular weight is 385 g/mol. The highest BCUT2D eigenvalue weighted by molar-refractivity contribution is 7.99. The molecule has 0 radical (unpaired) electrons. The summed E-state index contributed by atoms with van der Waals surface area (Å²) in [5, 5.41) is 0.513. The van der Waals surface area contributed by atoms with Crippen LogP contribution in [0.3, 0.4) is 0 Å². The topological polar surface area (TPSA) is 64.3 Å². The summed E-state index contributed by atoms with van der Waals surface area (Å²) in [6.45, 7) is 4.72. The van der Waals surface area contributed by atoms with Crippen molar-refractivity contribution >= 4 is 11.8 Å². The Morgan fingerprint density at radius 1 is 1.07 bits per heavy atom. The third kappa shape index (κ3) is 3.98. The number of hydrogen-bond acceptors (Lipinski definition) is 4. The quantitative estimate of drug-likeness (QED) is 0.642. The number of aromatic amines is 1. The van der Waals surface area contributed by atoms with Crippen LogP contribution in [0.25, 0.3) is 0 Å². The van der Waals surface area contributed by atoms with E-state index in [1.54, 1.807) is 6.33 Å². The monoisotopic (exact) mass is 384 g/mol. The van der Waals surface area contributed by atoms with E-state index in [0.717, 1.165) is 5.75 Å². The van der Waals surface area contributed by atoms with Crippen molar-refractivity contribution in [3.63, 3.8) is 0 Å². The second-order valence-corrected chi connectivity index (χ2v) is 8.99. The molecule has 0 amide bonds. The lowest BCUT2D eigenvalue weighted by Crippen LogP contribution is -2.34. The molecule has 1 N–H and O–H groups in total. The highest BCUT2D eigenvalue weighted by atomic mass is 32.2. The van der Waals surface area contributed by atoms with E-state index in [1.807, 2.05) is 43.0 Å². The summed E-state index contributed by atoms with van der Waals surface area (Å²) in [4.78, 5) is 16.1. The molecule has 4 atom stereocenters. The molecule has 4 rings (SSSR count). The third-order valence-corrected chi connectivity index (χ3v) is 7.22. The van der Waals surface area contributed by atoms with Crippen molar-refractivity contribution in [3.8, 4) is 0 Å². The van der Waals surface area contributed by atoms with Gasteiger partial charge in [0.25, 0.3) is 0 Å². The first-order valence-corrected chi connectivity index (χ1v) is 10.8. The number of imidazole rings is 3. The Morgan fingerprint density at radius 3 is 2.41 bits per heavy atom. The molecule has 0 spiro atoms. The van der Waals surface area contributed by atoms with E-state index < -0.39 is 0 Å². The zero-order chi connectivity index (χ0) is 18.6. The average Bonchev–Trinajstić information content (AvgIpc) is 3.42. The van der Waals surface area contributed by atoms with E-state index in [9.17, 15) is 0 Å². The van der Waals surface area contributed by atoms with Gasteiger partial charge in [-0.15, -0.1) is 11.8 Å². The second-order valence-electron chi connectivity index (χ2n) is 7.77. The van der Waals surface area contributed by atoms with E-state index in [1.165, 1.54) is 25.0 Å². The van der Waals surface area contributed by atoms with E-state index in [-0.39, 0.29) is 0 Å². The van der Waals surface area contributed by atoms with Gasteiger partial charge in [0.15, 0.2) is 0 Å². The van der Waals surface area contributed by atoms with Crippen LogP contribution in [-0.4, -0.2) is 34.3 Å². The molecular formula is C20H28N6S. The Bertz CT molecular complexity index is 781. The number of H-pyrrole nitrogens is 1. The first-order chi connectivity index (χ1) is 13.2. The Balaban J connectivity index is 1.69. The van der Waals surface area contributed by atoms with Gasteiger partial charge in [0.1, 0.15) is 0 Å². The van der Waals surface area contributed by atoms with Crippen molar-refractivity contribution in [2.45, 2.75) is 56.2 Å². The van der Waals surface area contributed by atoms with Gasteiger partial charge in [-0.25, -0.2) is 15.0 Å². The summed E-state index contributed by atoms with van der Waals surface area (Å²) in [6.07, 6.45) is 19.5. The van der Waals surface area contributed by atoms with Gasteiger partial charge in [-0.3, -0.25) is 0 Å². The molecule has 3 heterocycles. The van der Waals surface area contributed by atoms with Crippen LogP contribution in [0.15, 0.2) is 50.0 Å². The van der Waals surface area contributed by atoms with E-state index in [0.29, 0.717) is 29.2 Å². The molecule has 0 aliphatic heterocycles. The molecule has 7 heteroatoms. The van der Waals surface area contributed by atoms with Crippen molar-refractivity contribution < 1.29 is 0 Å². The van der Waals surface area contributed by atoms with Gasteiger partial charge in [0, 0.05) is 47.7 Å². The molecule has 0 aromatic carbocycles. The first-order valence-electron chi connectivity index (χ1n) is 9.77. The van der Waals surface area contributed by atoms with Gasteiger partial charge in [0.05, 0.1) is 31.1 Å². The minimum atomic E-state index is 0.351. The number of nitrogens with one attached hydrogen (secondary N) is 1. The molecule has 27 heavy (non-hydrogen) atoms. The van der Waals surface area contributed by atoms with Crippen LogP contribution in [0, 0.1) is 11.8 Å². The summed E-state index contributed by atoms with van der Waals surface area (Å²) in [5.74, 6) is 2.20. The molecule has 0 saturated heterocycles. The normalized spacial score (nSPS) is 26.3. The van der Waals surface area contributed by atoms with Crippen molar-refractivity contribution in [2.75, 3.05) is 0 Å². The number of nitrogens with zero attached hydrogens (tertiary/aromatic N) is 5. The van der Waals surface area contributed by atoms with Gasteiger partial charge in [-0.2, -0.15) is 0 Å². The fourth-order valence-electron chi connectivity index (χ4n) is 4.50. The molecule has 1 aliphatic carbocycles. The standard InChI is InChI=1S/C20H28N6S/c1-15(2)17-4-3-5-18(27-11-16-10-23-12-24-16)20(26-9-7-22-14-26)19(17)25-8-6-21-13-25/h6-10,12-15,17-20H,3-5,11H2,1-2H3,(H,23,24). The van der Waals surface area contributed by atoms with Crippen LogP contribution in [0.5, 0.6) is 0 Å². The van der Waals surface area contributed by atoms with E-state index >= 15 is 0 Å². The SMILES string of the molecule is CC(C)C1CCCC(SCc2cnc[nH]2)C(n2ccnc2)C1n1ccnc1. The van der Waals surface area contributed by atoms with Crippen LogP contribution >= 0.6 is 11.8 Å². The summed E-state index contributed by atoms with van der Waals surface area (Å²) in [7, 11) is 0. The first kappa shape index (κ1) is 18.3. The number of hydrogen-bond donors (Lipinski definition) is 1. The van der Waals surface area contributed by atoms with Gasteiger partial charge < -0.3 is 14.1 Å².